The number of carbonyl (C=O) groups excluding carboxylic acids is 2. The van der Waals surface area contributed by atoms with E-state index in [0.29, 0.717) is 0 Å². The number of hydrogen-bond donors (Lipinski definition) is 3. The highest BCUT2D eigenvalue weighted by atomic mass is 16.5. The van der Waals surface area contributed by atoms with Gasteiger partial charge in [-0.2, -0.15) is 0 Å². The lowest BCUT2D eigenvalue weighted by molar-refractivity contribution is 0.0695. The number of carboxylic acids is 1. The Hall–Kier alpha value is -3.35. The fourth-order valence-electron chi connectivity index (χ4n) is 2.80. The second-order valence-electron chi connectivity index (χ2n) is 5.35. The molecule has 24 heavy (non-hydrogen) atoms. The maximum atomic E-state index is 12.7. The molecule has 3 N–H and O–H groups in total. The number of hydrogen-bond acceptors (Lipinski definition) is 6. The van der Waals surface area contributed by atoms with Crippen LogP contribution in [0.25, 0.3) is 0 Å². The largest absolute Gasteiger partial charge is 0.507 e. The van der Waals surface area contributed by atoms with E-state index < -0.39 is 29.0 Å². The average molecular weight is 328 g/mol. The molecule has 3 rings (SSSR count). The van der Waals surface area contributed by atoms with Gasteiger partial charge in [0.15, 0.2) is 11.6 Å². The summed E-state index contributed by atoms with van der Waals surface area (Å²) >= 11 is 0. The topological polar surface area (TPSA) is 121 Å². The maximum absolute atomic E-state index is 12.7. The van der Waals surface area contributed by atoms with E-state index in [2.05, 4.69) is 0 Å². The summed E-state index contributed by atoms with van der Waals surface area (Å²) in [5.41, 5.74) is -1.19. The first-order chi connectivity index (χ1) is 11.3. The normalized spacial score (nSPS) is 12.6. The molecular formula is C17H12O7. The second kappa shape index (κ2) is 5.09. The van der Waals surface area contributed by atoms with Gasteiger partial charge in [0.05, 0.1) is 23.8 Å². The summed E-state index contributed by atoms with van der Waals surface area (Å²) in [5.74, 6) is -3.60. The predicted molar refractivity (Wildman–Crippen MR) is 81.3 cm³/mol. The van der Waals surface area contributed by atoms with Crippen molar-refractivity contribution in [2.24, 2.45) is 0 Å². The number of rotatable bonds is 2. The number of benzene rings is 2. The lowest BCUT2D eigenvalue weighted by atomic mass is 9.81. The van der Waals surface area contributed by atoms with E-state index in [1.165, 1.54) is 26.2 Å². The van der Waals surface area contributed by atoms with Gasteiger partial charge in [-0.1, -0.05) is 0 Å². The van der Waals surface area contributed by atoms with Crippen molar-refractivity contribution in [2.75, 3.05) is 7.11 Å². The van der Waals surface area contributed by atoms with Crippen LogP contribution in [-0.2, 0) is 0 Å². The van der Waals surface area contributed by atoms with E-state index in [-0.39, 0.29) is 39.1 Å². The molecule has 7 heteroatoms. The number of methoxy groups -OCH3 is 1. The van der Waals surface area contributed by atoms with Gasteiger partial charge in [-0.25, -0.2) is 4.79 Å². The van der Waals surface area contributed by atoms with Crippen molar-refractivity contribution in [1.29, 1.82) is 0 Å². The first-order valence-electron chi connectivity index (χ1n) is 6.88. The number of aromatic hydroxyl groups is 2. The van der Waals surface area contributed by atoms with Crippen molar-refractivity contribution in [3.8, 4) is 17.2 Å². The first kappa shape index (κ1) is 15.5. The zero-order valence-electron chi connectivity index (χ0n) is 12.7. The van der Waals surface area contributed by atoms with Crippen molar-refractivity contribution in [1.82, 2.24) is 0 Å². The van der Waals surface area contributed by atoms with Crippen LogP contribution in [0.15, 0.2) is 18.2 Å². The quantitative estimate of drug-likeness (QED) is 0.656. The Balaban J connectivity index is 2.37. The van der Waals surface area contributed by atoms with Gasteiger partial charge in [-0.15, -0.1) is 0 Å². The third-order valence-corrected chi connectivity index (χ3v) is 4.05. The molecule has 0 aliphatic heterocycles. The highest BCUT2D eigenvalue weighted by Crippen LogP contribution is 2.40. The molecule has 0 amide bonds. The molecule has 2 aromatic rings. The van der Waals surface area contributed by atoms with Crippen molar-refractivity contribution < 1.29 is 34.4 Å². The van der Waals surface area contributed by atoms with Crippen molar-refractivity contribution >= 4 is 17.5 Å². The molecule has 0 unspecified atom stereocenters. The number of phenols is 2. The minimum atomic E-state index is -1.34. The van der Waals surface area contributed by atoms with Crippen LogP contribution < -0.4 is 4.74 Å². The molecule has 0 radical (unpaired) electrons. The standard InChI is InChI=1S/C17H12O7/c1-6-8(17(22)23)5-10-13(14(6)19)16(21)9-3-7(24-2)4-11(18)12(9)15(10)20/h3-5,18-19H,1-2H3,(H,22,23). The van der Waals surface area contributed by atoms with Crippen molar-refractivity contribution in [2.45, 2.75) is 6.92 Å². The number of phenolic OH excluding ortho intramolecular Hbond substituents is 2. The van der Waals surface area contributed by atoms with Gasteiger partial charge >= 0.3 is 5.97 Å². The smallest absolute Gasteiger partial charge is 0.336 e. The predicted octanol–water partition coefficient (Wildman–Crippen LogP) is 1.89. The SMILES string of the molecule is COc1cc(O)c2c(c1)C(=O)c1c(cc(C(=O)O)c(C)c1O)C2=O. The van der Waals surface area contributed by atoms with Crippen LogP contribution in [0.3, 0.4) is 0 Å². The molecule has 0 bridgehead atoms. The van der Waals surface area contributed by atoms with Gasteiger partial charge in [-0.05, 0) is 19.1 Å². The highest BCUT2D eigenvalue weighted by molar-refractivity contribution is 6.30. The van der Waals surface area contributed by atoms with Gasteiger partial charge in [0.25, 0.3) is 0 Å². The van der Waals surface area contributed by atoms with E-state index in [1.807, 2.05) is 0 Å². The first-order valence-corrected chi connectivity index (χ1v) is 6.88. The number of ketones is 2. The van der Waals surface area contributed by atoms with E-state index in [9.17, 15) is 29.7 Å². The molecular weight excluding hydrogens is 316 g/mol. The monoisotopic (exact) mass is 328 g/mol. The van der Waals surface area contributed by atoms with E-state index in [0.717, 1.165) is 6.07 Å². The van der Waals surface area contributed by atoms with Gasteiger partial charge in [0.1, 0.15) is 17.2 Å². The molecule has 0 spiro atoms. The Morgan fingerprint density at radius 3 is 2.17 bits per heavy atom. The fourth-order valence-corrected chi connectivity index (χ4v) is 2.80. The van der Waals surface area contributed by atoms with Crippen molar-refractivity contribution in [3.05, 3.63) is 51.6 Å². The zero-order valence-corrected chi connectivity index (χ0v) is 12.7. The summed E-state index contributed by atoms with van der Waals surface area (Å²) < 4.78 is 4.97. The van der Waals surface area contributed by atoms with Crippen LogP contribution in [-0.4, -0.2) is 40.0 Å². The average Bonchev–Trinajstić information content (AvgIpc) is 2.53. The zero-order chi connectivity index (χ0) is 17.8. The molecule has 0 saturated carbocycles. The van der Waals surface area contributed by atoms with Gasteiger partial charge in [0.2, 0.25) is 0 Å². The Morgan fingerprint density at radius 1 is 1.00 bits per heavy atom. The lowest BCUT2D eigenvalue weighted by Gasteiger charge is -2.21. The maximum Gasteiger partial charge on any atom is 0.336 e. The lowest BCUT2D eigenvalue weighted by Crippen LogP contribution is -2.23. The molecule has 0 fully saturated rings. The Labute approximate surface area is 135 Å². The molecule has 0 atom stereocenters. The number of carbonyl (C=O) groups is 3. The summed E-state index contributed by atoms with van der Waals surface area (Å²) in [6.07, 6.45) is 0. The Morgan fingerprint density at radius 2 is 1.58 bits per heavy atom. The third kappa shape index (κ3) is 1.95. The van der Waals surface area contributed by atoms with Crippen LogP contribution in [0.1, 0.15) is 47.8 Å². The number of fused-ring (bicyclic) bond motifs is 2. The van der Waals surface area contributed by atoms with Crippen LogP contribution >= 0.6 is 0 Å². The fraction of sp³-hybridized carbons (Fsp3) is 0.118. The van der Waals surface area contributed by atoms with Crippen LogP contribution in [0.5, 0.6) is 17.2 Å². The molecule has 0 saturated heterocycles. The summed E-state index contributed by atoms with van der Waals surface area (Å²) in [5, 5.41) is 29.5. The minimum Gasteiger partial charge on any atom is -0.507 e. The molecule has 2 aromatic carbocycles. The van der Waals surface area contributed by atoms with Crippen molar-refractivity contribution in [3.63, 3.8) is 0 Å². The van der Waals surface area contributed by atoms with E-state index in [4.69, 9.17) is 4.74 Å². The summed E-state index contributed by atoms with van der Waals surface area (Å²) in [6.45, 7) is 1.34. The molecule has 1 aliphatic carbocycles. The molecule has 7 nitrogen and oxygen atoms in total. The van der Waals surface area contributed by atoms with Crippen LogP contribution in [0, 0.1) is 6.92 Å². The minimum absolute atomic E-state index is 0.0158. The molecule has 0 aromatic heterocycles. The van der Waals surface area contributed by atoms with E-state index in [1.54, 1.807) is 0 Å². The summed E-state index contributed by atoms with van der Waals surface area (Å²) in [4.78, 5) is 36.6. The molecule has 122 valence electrons. The summed E-state index contributed by atoms with van der Waals surface area (Å²) in [7, 11) is 1.34. The van der Waals surface area contributed by atoms with Crippen LogP contribution in [0.2, 0.25) is 0 Å². The molecule has 1 aliphatic rings. The van der Waals surface area contributed by atoms with E-state index >= 15 is 0 Å². The van der Waals surface area contributed by atoms with Gasteiger partial charge in [0, 0.05) is 22.8 Å². The third-order valence-electron chi connectivity index (χ3n) is 4.05. The summed E-state index contributed by atoms with van der Waals surface area (Å²) in [6, 6.07) is 3.51. The Bertz CT molecular complexity index is 941. The molecule has 0 heterocycles. The Kier molecular flexibility index (Phi) is 3.30. The second-order valence-corrected chi connectivity index (χ2v) is 5.35. The highest BCUT2D eigenvalue weighted by Gasteiger charge is 2.36. The number of ether oxygens (including phenoxy) is 1. The van der Waals surface area contributed by atoms with Crippen LogP contribution in [0.4, 0.5) is 0 Å². The number of aromatic carboxylic acids is 1. The number of carboxylic acid groups (broad SMARTS) is 1. The van der Waals surface area contributed by atoms with Gasteiger partial charge in [-0.3, -0.25) is 9.59 Å². The van der Waals surface area contributed by atoms with Gasteiger partial charge < -0.3 is 20.1 Å².